The number of rotatable bonds is 10. The Kier molecular flexibility index (Phi) is 8.02. The summed E-state index contributed by atoms with van der Waals surface area (Å²) >= 11 is 1.47. The summed E-state index contributed by atoms with van der Waals surface area (Å²) in [5.74, 6) is 0.874. The number of anilines is 1. The van der Waals surface area contributed by atoms with Gasteiger partial charge in [-0.1, -0.05) is 17.4 Å². The van der Waals surface area contributed by atoms with Crippen LogP contribution in [-0.4, -0.2) is 49.8 Å². The Morgan fingerprint density at radius 1 is 0.972 bits per heavy atom. The van der Waals surface area contributed by atoms with Crippen molar-refractivity contribution in [3.8, 4) is 0 Å². The fraction of sp³-hybridized carbons (Fsp3) is 0.500. The first-order valence-corrected chi connectivity index (χ1v) is 13.4. The molecular formula is C26H30N6O3S. The van der Waals surface area contributed by atoms with Crippen LogP contribution in [0.4, 0.5) is 5.13 Å². The minimum Gasteiger partial charge on any atom is -0.378 e. The summed E-state index contributed by atoms with van der Waals surface area (Å²) < 4.78 is 5.53. The Labute approximate surface area is 214 Å². The van der Waals surface area contributed by atoms with Crippen molar-refractivity contribution in [2.24, 2.45) is 5.92 Å². The molecule has 188 valence electrons. The van der Waals surface area contributed by atoms with Gasteiger partial charge < -0.3 is 10.1 Å². The predicted octanol–water partition coefficient (Wildman–Crippen LogP) is 3.71. The highest BCUT2D eigenvalue weighted by Gasteiger charge is 2.29. The number of amides is 1. The van der Waals surface area contributed by atoms with Crippen LogP contribution in [0.15, 0.2) is 36.5 Å². The van der Waals surface area contributed by atoms with Gasteiger partial charge in [0.15, 0.2) is 0 Å². The maximum atomic E-state index is 12.3. The molecule has 0 spiro atoms. The third-order valence-corrected chi connectivity index (χ3v) is 7.77. The number of hydrogen-bond donors (Lipinski definition) is 1. The molecule has 1 N–H and O–H groups in total. The van der Waals surface area contributed by atoms with Gasteiger partial charge in [0.1, 0.15) is 10.8 Å². The zero-order valence-corrected chi connectivity index (χ0v) is 21.0. The molecule has 0 bridgehead atoms. The van der Waals surface area contributed by atoms with E-state index >= 15 is 0 Å². The number of aromatic nitrogens is 5. The molecule has 0 radical (unpaired) electrons. The first-order valence-electron chi connectivity index (χ1n) is 12.6. The molecule has 1 saturated heterocycles. The maximum absolute atomic E-state index is 12.3. The van der Waals surface area contributed by atoms with Crippen LogP contribution in [0.5, 0.6) is 0 Å². The summed E-state index contributed by atoms with van der Waals surface area (Å²) in [6.07, 6.45) is 8.64. The molecule has 1 saturated carbocycles. The normalized spacial score (nSPS) is 21.5. The lowest BCUT2D eigenvalue weighted by Gasteiger charge is -2.09. The summed E-state index contributed by atoms with van der Waals surface area (Å²) in [5.41, 5.74) is 2.40. The monoisotopic (exact) mass is 506 g/mol. The molecular weight excluding hydrogens is 476 g/mol. The molecule has 4 heterocycles. The van der Waals surface area contributed by atoms with E-state index in [1.807, 2.05) is 30.3 Å². The van der Waals surface area contributed by atoms with Crippen molar-refractivity contribution in [3.63, 3.8) is 0 Å². The minimum atomic E-state index is -0.0608. The second-order valence-corrected chi connectivity index (χ2v) is 10.7. The smallest absolute Gasteiger partial charge is 0.228 e. The second kappa shape index (κ2) is 11.7. The van der Waals surface area contributed by atoms with Crippen molar-refractivity contribution < 1.29 is 14.3 Å². The number of carbonyl (C=O) groups excluding carboxylic acids is 2. The van der Waals surface area contributed by atoms with E-state index in [1.54, 1.807) is 6.20 Å². The Morgan fingerprint density at radius 2 is 1.83 bits per heavy atom. The topological polar surface area (TPSA) is 120 Å². The molecule has 36 heavy (non-hydrogen) atoms. The molecule has 3 aromatic heterocycles. The first kappa shape index (κ1) is 24.6. The van der Waals surface area contributed by atoms with Gasteiger partial charge in [-0.25, -0.2) is 0 Å². The van der Waals surface area contributed by atoms with Gasteiger partial charge in [0.2, 0.25) is 11.0 Å². The third-order valence-electron chi connectivity index (χ3n) is 6.77. The lowest BCUT2D eigenvalue weighted by atomic mass is 9.99. The van der Waals surface area contributed by atoms with Crippen LogP contribution >= 0.6 is 11.3 Å². The van der Waals surface area contributed by atoms with Gasteiger partial charge in [-0.05, 0) is 68.7 Å². The fourth-order valence-electron chi connectivity index (χ4n) is 4.97. The molecule has 1 amide bonds. The lowest BCUT2D eigenvalue weighted by molar-refractivity contribution is -0.119. The van der Waals surface area contributed by atoms with Crippen molar-refractivity contribution in [2.75, 3.05) is 11.9 Å². The highest BCUT2D eigenvalue weighted by molar-refractivity contribution is 7.15. The molecule has 0 aromatic carbocycles. The number of carbonyl (C=O) groups is 2. The molecule has 1 aliphatic heterocycles. The summed E-state index contributed by atoms with van der Waals surface area (Å²) in [5, 5.41) is 21.6. The van der Waals surface area contributed by atoms with E-state index in [-0.39, 0.29) is 24.2 Å². The number of Topliss-reactive ketones (excluding diaryl/α,β-unsaturated/α-hetero) is 1. The molecule has 9 nitrogen and oxygen atoms in total. The summed E-state index contributed by atoms with van der Waals surface area (Å²) in [7, 11) is 0. The van der Waals surface area contributed by atoms with Crippen molar-refractivity contribution >= 4 is 28.2 Å². The Hall–Kier alpha value is -3.11. The van der Waals surface area contributed by atoms with E-state index in [2.05, 4.69) is 30.7 Å². The largest absolute Gasteiger partial charge is 0.378 e. The SMILES string of the molecule is O=C(Cc1ccccn1)Cc1ccc(C[C@H]2CC[C@@H](c3nnc(NC(=O)C[C@H]4CCCO4)s3)C2)nn1. The maximum Gasteiger partial charge on any atom is 0.228 e. The van der Waals surface area contributed by atoms with Crippen molar-refractivity contribution in [1.29, 1.82) is 0 Å². The van der Waals surface area contributed by atoms with E-state index in [9.17, 15) is 9.59 Å². The van der Waals surface area contributed by atoms with E-state index in [0.29, 0.717) is 35.5 Å². The highest BCUT2D eigenvalue weighted by Crippen LogP contribution is 2.41. The van der Waals surface area contributed by atoms with Crippen LogP contribution in [-0.2, 0) is 33.6 Å². The summed E-state index contributed by atoms with van der Waals surface area (Å²) in [6.45, 7) is 0.742. The number of hydrogen-bond acceptors (Lipinski definition) is 9. The number of ketones is 1. The molecule has 3 aromatic rings. The number of nitrogens with zero attached hydrogens (tertiary/aromatic N) is 5. The van der Waals surface area contributed by atoms with Crippen LogP contribution < -0.4 is 5.32 Å². The Balaban J connectivity index is 1.07. The lowest BCUT2D eigenvalue weighted by Crippen LogP contribution is -2.19. The van der Waals surface area contributed by atoms with Crippen LogP contribution in [0.2, 0.25) is 0 Å². The van der Waals surface area contributed by atoms with E-state index < -0.39 is 0 Å². The number of ether oxygens (including phenoxy) is 1. The summed E-state index contributed by atoms with van der Waals surface area (Å²) in [6, 6.07) is 9.46. The minimum absolute atomic E-state index is 0.0252. The Morgan fingerprint density at radius 3 is 2.61 bits per heavy atom. The molecule has 5 rings (SSSR count). The molecule has 3 atom stereocenters. The average Bonchev–Trinajstić information content (AvgIpc) is 3.64. The quantitative estimate of drug-likeness (QED) is 0.442. The van der Waals surface area contributed by atoms with Crippen molar-refractivity contribution in [3.05, 3.63) is 58.6 Å². The van der Waals surface area contributed by atoms with Crippen LogP contribution in [0, 0.1) is 5.92 Å². The fourth-order valence-corrected chi connectivity index (χ4v) is 5.88. The molecule has 2 aliphatic rings. The van der Waals surface area contributed by atoms with Crippen molar-refractivity contribution in [1.82, 2.24) is 25.4 Å². The number of nitrogens with one attached hydrogen (secondary N) is 1. The van der Waals surface area contributed by atoms with Gasteiger partial charge in [-0.15, -0.1) is 10.2 Å². The van der Waals surface area contributed by atoms with Crippen LogP contribution in [0.3, 0.4) is 0 Å². The average molecular weight is 507 g/mol. The summed E-state index contributed by atoms with van der Waals surface area (Å²) in [4.78, 5) is 28.7. The third kappa shape index (κ3) is 6.76. The van der Waals surface area contributed by atoms with Gasteiger partial charge in [-0.3, -0.25) is 14.6 Å². The standard InChI is InChI=1S/C26H30N6O3S/c33-22(14-19-4-1-2-10-27-19)15-21-9-8-20(29-30-21)13-17-6-7-18(12-17)25-31-32-26(36-25)28-24(34)16-23-5-3-11-35-23/h1-2,4,8-10,17-18,23H,3,5-7,11-16H2,(H,28,32,34)/t17-,18+,23+/m0/s1. The molecule has 1 aliphatic carbocycles. The van der Waals surface area contributed by atoms with Gasteiger partial charge >= 0.3 is 0 Å². The zero-order chi connectivity index (χ0) is 24.7. The molecule has 0 unspecified atom stereocenters. The molecule has 10 heteroatoms. The molecule has 2 fully saturated rings. The van der Waals surface area contributed by atoms with E-state index in [4.69, 9.17) is 4.74 Å². The first-order chi connectivity index (χ1) is 17.6. The van der Waals surface area contributed by atoms with Gasteiger partial charge in [-0.2, -0.15) is 10.2 Å². The van der Waals surface area contributed by atoms with Crippen LogP contribution in [0.1, 0.15) is 66.5 Å². The highest BCUT2D eigenvalue weighted by atomic mass is 32.1. The second-order valence-electron chi connectivity index (χ2n) is 9.64. The van der Waals surface area contributed by atoms with Crippen LogP contribution in [0.25, 0.3) is 0 Å². The zero-order valence-electron chi connectivity index (χ0n) is 20.1. The van der Waals surface area contributed by atoms with Gasteiger partial charge in [0.05, 0.1) is 30.3 Å². The van der Waals surface area contributed by atoms with E-state index in [1.165, 1.54) is 11.3 Å². The predicted molar refractivity (Wildman–Crippen MR) is 135 cm³/mol. The van der Waals surface area contributed by atoms with Gasteiger partial charge in [0.25, 0.3) is 0 Å². The number of pyridine rings is 1. The van der Waals surface area contributed by atoms with E-state index in [0.717, 1.165) is 61.5 Å². The Bertz CT molecular complexity index is 1160. The van der Waals surface area contributed by atoms with Gasteiger partial charge in [0, 0.05) is 30.8 Å². The van der Waals surface area contributed by atoms with Crippen molar-refractivity contribution in [2.45, 2.75) is 69.8 Å².